The van der Waals surface area contributed by atoms with E-state index in [0.717, 1.165) is 26.2 Å². The van der Waals surface area contributed by atoms with E-state index in [1.807, 2.05) is 11.8 Å². The fourth-order valence-electron chi connectivity index (χ4n) is 2.13. The molecular formula is C10H18N2O2. The van der Waals surface area contributed by atoms with E-state index < -0.39 is 0 Å². The van der Waals surface area contributed by atoms with Crippen LogP contribution in [0.5, 0.6) is 0 Å². The summed E-state index contributed by atoms with van der Waals surface area (Å²) in [5.74, 6) is 0.214. The summed E-state index contributed by atoms with van der Waals surface area (Å²) in [6.07, 6.45) is 1.24. The smallest absolute Gasteiger partial charge is 0.237 e. The Kier molecular flexibility index (Phi) is 2.49. The first-order chi connectivity index (χ1) is 6.61. The SMILES string of the molecule is CC1NCC(=O)N1CC1(C)CCOC1. The maximum Gasteiger partial charge on any atom is 0.237 e. The van der Waals surface area contributed by atoms with Gasteiger partial charge in [0.2, 0.25) is 5.91 Å². The normalized spacial score (nSPS) is 38.3. The Labute approximate surface area is 84.6 Å². The molecule has 0 radical (unpaired) electrons. The van der Waals surface area contributed by atoms with Gasteiger partial charge in [-0.3, -0.25) is 10.1 Å². The lowest BCUT2D eigenvalue weighted by Crippen LogP contribution is -2.42. The van der Waals surface area contributed by atoms with Crippen LogP contribution in [0, 0.1) is 5.41 Å². The molecule has 2 fully saturated rings. The van der Waals surface area contributed by atoms with E-state index >= 15 is 0 Å². The fraction of sp³-hybridized carbons (Fsp3) is 0.900. The summed E-state index contributed by atoms with van der Waals surface area (Å²) in [4.78, 5) is 13.5. The molecular weight excluding hydrogens is 180 g/mol. The molecule has 4 nitrogen and oxygen atoms in total. The lowest BCUT2D eigenvalue weighted by atomic mass is 9.89. The Morgan fingerprint density at radius 1 is 1.71 bits per heavy atom. The second-order valence-corrected chi connectivity index (χ2v) is 4.69. The summed E-state index contributed by atoms with van der Waals surface area (Å²) < 4.78 is 5.38. The Balaban J connectivity index is 1.98. The number of hydrogen-bond donors (Lipinski definition) is 1. The summed E-state index contributed by atoms with van der Waals surface area (Å²) in [7, 11) is 0. The average molecular weight is 198 g/mol. The van der Waals surface area contributed by atoms with Crippen LogP contribution in [0.15, 0.2) is 0 Å². The van der Waals surface area contributed by atoms with Gasteiger partial charge in [0.05, 0.1) is 19.3 Å². The van der Waals surface area contributed by atoms with Crippen LogP contribution in [0.4, 0.5) is 0 Å². The summed E-state index contributed by atoms with van der Waals surface area (Å²) in [5.41, 5.74) is 0.163. The van der Waals surface area contributed by atoms with Crippen molar-refractivity contribution in [2.75, 3.05) is 26.3 Å². The number of carbonyl (C=O) groups is 1. The zero-order valence-electron chi connectivity index (χ0n) is 8.88. The molecule has 0 saturated carbocycles. The lowest BCUT2D eigenvalue weighted by molar-refractivity contribution is -0.129. The van der Waals surface area contributed by atoms with Gasteiger partial charge in [0.1, 0.15) is 0 Å². The first-order valence-corrected chi connectivity index (χ1v) is 5.21. The van der Waals surface area contributed by atoms with Crippen molar-refractivity contribution in [2.45, 2.75) is 26.4 Å². The van der Waals surface area contributed by atoms with Gasteiger partial charge in [0, 0.05) is 18.6 Å². The van der Waals surface area contributed by atoms with Gasteiger partial charge >= 0.3 is 0 Å². The standard InChI is InChI=1S/C10H18N2O2/c1-8-11-5-9(13)12(8)6-10(2)3-4-14-7-10/h8,11H,3-7H2,1-2H3. The van der Waals surface area contributed by atoms with Gasteiger partial charge in [-0.2, -0.15) is 0 Å². The maximum absolute atomic E-state index is 11.5. The molecule has 0 bridgehead atoms. The van der Waals surface area contributed by atoms with Crippen LogP contribution in [0.2, 0.25) is 0 Å². The number of rotatable bonds is 2. The van der Waals surface area contributed by atoms with E-state index in [9.17, 15) is 4.79 Å². The molecule has 2 aliphatic rings. The van der Waals surface area contributed by atoms with Crippen LogP contribution >= 0.6 is 0 Å². The third-order valence-corrected chi connectivity index (χ3v) is 3.19. The summed E-state index contributed by atoms with van der Waals surface area (Å²) in [5, 5.41) is 3.15. The van der Waals surface area contributed by atoms with Crippen LogP contribution in [-0.2, 0) is 9.53 Å². The van der Waals surface area contributed by atoms with Gasteiger partial charge in [-0.15, -0.1) is 0 Å². The minimum Gasteiger partial charge on any atom is -0.381 e. The number of hydrogen-bond acceptors (Lipinski definition) is 3. The summed E-state index contributed by atoms with van der Waals surface area (Å²) in [6.45, 7) is 7.14. The zero-order chi connectivity index (χ0) is 10.2. The van der Waals surface area contributed by atoms with Crippen molar-refractivity contribution in [3.63, 3.8) is 0 Å². The molecule has 1 N–H and O–H groups in total. The summed E-state index contributed by atoms with van der Waals surface area (Å²) >= 11 is 0. The number of ether oxygens (including phenoxy) is 1. The molecule has 80 valence electrons. The second kappa shape index (κ2) is 3.51. The van der Waals surface area contributed by atoms with Crippen molar-refractivity contribution in [1.82, 2.24) is 10.2 Å². The van der Waals surface area contributed by atoms with Crippen molar-refractivity contribution in [3.8, 4) is 0 Å². The lowest BCUT2D eigenvalue weighted by Gasteiger charge is -2.30. The molecule has 2 rings (SSSR count). The highest BCUT2D eigenvalue weighted by Gasteiger charge is 2.37. The molecule has 2 unspecified atom stereocenters. The van der Waals surface area contributed by atoms with E-state index in [-0.39, 0.29) is 17.5 Å². The molecule has 0 aromatic rings. The minimum atomic E-state index is 0.163. The monoisotopic (exact) mass is 198 g/mol. The molecule has 4 heteroatoms. The van der Waals surface area contributed by atoms with Gasteiger partial charge in [0.25, 0.3) is 0 Å². The van der Waals surface area contributed by atoms with E-state index in [2.05, 4.69) is 12.2 Å². The van der Waals surface area contributed by atoms with Crippen LogP contribution in [0.3, 0.4) is 0 Å². The molecule has 1 amide bonds. The predicted molar refractivity (Wildman–Crippen MR) is 52.7 cm³/mol. The molecule has 0 spiro atoms. The highest BCUT2D eigenvalue weighted by atomic mass is 16.5. The van der Waals surface area contributed by atoms with Gasteiger partial charge < -0.3 is 9.64 Å². The van der Waals surface area contributed by atoms with E-state index in [1.54, 1.807) is 0 Å². The predicted octanol–water partition coefficient (Wildman–Crippen LogP) is 0.191. The van der Waals surface area contributed by atoms with Crippen LogP contribution < -0.4 is 5.32 Å². The molecule has 2 saturated heterocycles. The molecule has 2 heterocycles. The quantitative estimate of drug-likeness (QED) is 0.688. The van der Waals surface area contributed by atoms with Crippen LogP contribution in [0.25, 0.3) is 0 Å². The number of carbonyl (C=O) groups excluding carboxylic acids is 1. The molecule has 2 aliphatic heterocycles. The third-order valence-electron chi connectivity index (χ3n) is 3.19. The largest absolute Gasteiger partial charge is 0.381 e. The maximum atomic E-state index is 11.5. The molecule has 0 aromatic heterocycles. The van der Waals surface area contributed by atoms with Crippen molar-refractivity contribution >= 4 is 5.91 Å². The average Bonchev–Trinajstić information content (AvgIpc) is 2.68. The van der Waals surface area contributed by atoms with Crippen molar-refractivity contribution < 1.29 is 9.53 Å². The molecule has 0 aliphatic carbocycles. The summed E-state index contributed by atoms with van der Waals surface area (Å²) in [6, 6.07) is 0. The van der Waals surface area contributed by atoms with Crippen molar-refractivity contribution in [2.24, 2.45) is 5.41 Å². The van der Waals surface area contributed by atoms with Crippen molar-refractivity contribution in [3.05, 3.63) is 0 Å². The van der Waals surface area contributed by atoms with Gasteiger partial charge in [-0.1, -0.05) is 6.92 Å². The Bertz CT molecular complexity index is 236. The Morgan fingerprint density at radius 2 is 2.50 bits per heavy atom. The molecule has 2 atom stereocenters. The van der Waals surface area contributed by atoms with Crippen LogP contribution in [-0.4, -0.2) is 43.3 Å². The fourth-order valence-corrected chi connectivity index (χ4v) is 2.13. The number of nitrogens with zero attached hydrogens (tertiary/aromatic N) is 1. The molecule has 0 aromatic carbocycles. The number of amides is 1. The van der Waals surface area contributed by atoms with Crippen molar-refractivity contribution in [1.29, 1.82) is 0 Å². The van der Waals surface area contributed by atoms with E-state index in [0.29, 0.717) is 6.54 Å². The third kappa shape index (κ3) is 1.77. The van der Waals surface area contributed by atoms with E-state index in [1.165, 1.54) is 0 Å². The van der Waals surface area contributed by atoms with Crippen LogP contribution in [0.1, 0.15) is 20.3 Å². The second-order valence-electron chi connectivity index (χ2n) is 4.69. The minimum absolute atomic E-state index is 0.163. The first-order valence-electron chi connectivity index (χ1n) is 5.21. The Hall–Kier alpha value is -0.610. The number of nitrogens with one attached hydrogen (secondary N) is 1. The highest BCUT2D eigenvalue weighted by Crippen LogP contribution is 2.29. The van der Waals surface area contributed by atoms with Gasteiger partial charge in [0.15, 0.2) is 0 Å². The first kappa shape index (κ1) is 9.93. The van der Waals surface area contributed by atoms with Gasteiger partial charge in [-0.05, 0) is 13.3 Å². The zero-order valence-corrected chi connectivity index (χ0v) is 8.88. The topological polar surface area (TPSA) is 41.6 Å². The van der Waals surface area contributed by atoms with E-state index in [4.69, 9.17) is 4.74 Å². The molecule has 14 heavy (non-hydrogen) atoms. The Morgan fingerprint density at radius 3 is 3.00 bits per heavy atom. The van der Waals surface area contributed by atoms with Gasteiger partial charge in [-0.25, -0.2) is 0 Å². The highest BCUT2D eigenvalue weighted by molar-refractivity contribution is 5.80.